The number of rotatable bonds is 8. The quantitative estimate of drug-likeness (QED) is 0.565. The highest BCUT2D eigenvalue weighted by atomic mass is 32.2. The summed E-state index contributed by atoms with van der Waals surface area (Å²) in [7, 11) is -1.22. The first-order valence-electron chi connectivity index (χ1n) is 6.22. The number of hydrogen-bond acceptors (Lipinski definition) is 6. The van der Waals surface area contributed by atoms with Crippen molar-refractivity contribution in [2.24, 2.45) is 0 Å². The summed E-state index contributed by atoms with van der Waals surface area (Å²) >= 11 is 0. The highest BCUT2D eigenvalue weighted by Gasteiger charge is 2.23. The fourth-order valence-corrected chi connectivity index (χ4v) is 3.31. The molecular formula is C11H23NO5S. The Morgan fingerprint density at radius 3 is 2.61 bits per heavy atom. The second-order valence-corrected chi connectivity index (χ2v) is 6.86. The molecule has 0 spiro atoms. The number of aliphatic hydroxyl groups excluding tert-OH is 1. The molecule has 18 heavy (non-hydrogen) atoms. The molecule has 1 rings (SSSR count). The van der Waals surface area contributed by atoms with E-state index in [9.17, 15) is 13.5 Å². The van der Waals surface area contributed by atoms with Gasteiger partial charge >= 0.3 is 0 Å². The molecule has 1 heterocycles. The second kappa shape index (κ2) is 8.06. The highest BCUT2D eigenvalue weighted by Crippen LogP contribution is 2.11. The van der Waals surface area contributed by atoms with Gasteiger partial charge in [0.1, 0.15) is 9.84 Å². The maximum Gasteiger partial charge on any atom is 0.150 e. The van der Waals surface area contributed by atoms with E-state index in [-0.39, 0.29) is 24.2 Å². The van der Waals surface area contributed by atoms with Crippen molar-refractivity contribution in [1.82, 2.24) is 5.32 Å². The molecule has 0 aliphatic carbocycles. The summed E-state index contributed by atoms with van der Waals surface area (Å²) in [4.78, 5) is 0. The number of aliphatic hydroxyl groups is 1. The van der Waals surface area contributed by atoms with E-state index in [2.05, 4.69) is 5.32 Å². The molecule has 108 valence electrons. The summed E-state index contributed by atoms with van der Waals surface area (Å²) in [6, 6.07) is 0.183. The van der Waals surface area contributed by atoms with E-state index in [0.717, 1.165) is 0 Å². The average molecular weight is 281 g/mol. The third-order valence-corrected chi connectivity index (χ3v) is 4.65. The van der Waals surface area contributed by atoms with E-state index in [0.29, 0.717) is 32.6 Å². The minimum absolute atomic E-state index is 0.183. The van der Waals surface area contributed by atoms with Crippen molar-refractivity contribution in [2.45, 2.75) is 25.0 Å². The first kappa shape index (κ1) is 15.8. The minimum atomic E-state index is -2.82. The molecule has 1 saturated heterocycles. The van der Waals surface area contributed by atoms with Gasteiger partial charge in [0.15, 0.2) is 0 Å². The summed E-state index contributed by atoms with van der Waals surface area (Å²) in [5, 5.41) is 12.8. The summed E-state index contributed by atoms with van der Waals surface area (Å²) in [5.74, 6) is 0.482. The molecule has 0 radical (unpaired) electrons. The molecule has 1 atom stereocenters. The fraction of sp³-hybridized carbons (Fsp3) is 1.00. The van der Waals surface area contributed by atoms with Gasteiger partial charge in [-0.15, -0.1) is 0 Å². The van der Waals surface area contributed by atoms with Gasteiger partial charge in [-0.2, -0.15) is 0 Å². The minimum Gasteiger partial charge on any atom is -0.389 e. The zero-order chi connectivity index (χ0) is 13.4. The van der Waals surface area contributed by atoms with Crippen molar-refractivity contribution in [3.05, 3.63) is 0 Å². The molecule has 1 unspecified atom stereocenters. The maximum atomic E-state index is 11.2. The molecule has 0 saturated carbocycles. The average Bonchev–Trinajstić information content (AvgIpc) is 2.33. The van der Waals surface area contributed by atoms with Gasteiger partial charge in [-0.1, -0.05) is 0 Å². The van der Waals surface area contributed by atoms with Gasteiger partial charge in [0.25, 0.3) is 0 Å². The number of nitrogens with one attached hydrogen (secondary N) is 1. The second-order valence-electron chi connectivity index (χ2n) is 4.56. The maximum absolute atomic E-state index is 11.2. The molecule has 2 N–H and O–H groups in total. The van der Waals surface area contributed by atoms with Crippen molar-refractivity contribution >= 4 is 9.84 Å². The molecule has 1 aliphatic heterocycles. The number of ether oxygens (including phenoxy) is 2. The zero-order valence-electron chi connectivity index (χ0n) is 10.8. The van der Waals surface area contributed by atoms with Gasteiger partial charge in [0.05, 0.1) is 37.4 Å². The van der Waals surface area contributed by atoms with Gasteiger partial charge in [0, 0.05) is 19.7 Å². The predicted molar refractivity (Wildman–Crippen MR) is 68.4 cm³/mol. The van der Waals surface area contributed by atoms with E-state index in [1.165, 1.54) is 0 Å². The molecule has 0 aromatic rings. The highest BCUT2D eigenvalue weighted by molar-refractivity contribution is 7.91. The lowest BCUT2D eigenvalue weighted by molar-refractivity contribution is 0.0128. The third kappa shape index (κ3) is 6.65. The monoisotopic (exact) mass is 281 g/mol. The van der Waals surface area contributed by atoms with Crippen molar-refractivity contribution in [1.29, 1.82) is 0 Å². The van der Waals surface area contributed by atoms with Crippen LogP contribution in [0.4, 0.5) is 0 Å². The third-order valence-electron chi connectivity index (χ3n) is 2.94. The molecule has 1 aliphatic rings. The molecule has 6 nitrogen and oxygen atoms in total. The zero-order valence-corrected chi connectivity index (χ0v) is 11.6. The van der Waals surface area contributed by atoms with Crippen LogP contribution in [0.1, 0.15) is 12.8 Å². The van der Waals surface area contributed by atoms with Crippen molar-refractivity contribution in [2.75, 3.05) is 45.0 Å². The molecule has 0 bridgehead atoms. The Balaban J connectivity index is 2.06. The van der Waals surface area contributed by atoms with Crippen molar-refractivity contribution in [3.63, 3.8) is 0 Å². The Morgan fingerprint density at radius 1 is 1.33 bits per heavy atom. The molecule has 0 aromatic heterocycles. The van der Waals surface area contributed by atoms with E-state index < -0.39 is 15.9 Å². The van der Waals surface area contributed by atoms with Gasteiger partial charge in [0.2, 0.25) is 0 Å². The van der Waals surface area contributed by atoms with Crippen LogP contribution in [0.25, 0.3) is 0 Å². The lowest BCUT2D eigenvalue weighted by Crippen LogP contribution is -2.42. The van der Waals surface area contributed by atoms with E-state index in [1.54, 1.807) is 7.11 Å². The van der Waals surface area contributed by atoms with Gasteiger partial charge < -0.3 is 19.9 Å². The molecular weight excluding hydrogens is 258 g/mol. The van der Waals surface area contributed by atoms with Crippen LogP contribution < -0.4 is 5.32 Å². The number of methoxy groups -OCH3 is 1. The smallest absolute Gasteiger partial charge is 0.150 e. The molecule has 0 amide bonds. The predicted octanol–water partition coefficient (Wildman–Crippen LogP) is -0.823. The van der Waals surface area contributed by atoms with Crippen molar-refractivity contribution in [3.8, 4) is 0 Å². The molecule has 7 heteroatoms. The summed E-state index contributed by atoms with van der Waals surface area (Å²) < 4.78 is 32.5. The van der Waals surface area contributed by atoms with Crippen LogP contribution in [0.3, 0.4) is 0 Å². The Hall–Kier alpha value is -0.210. The standard InChI is InChI=1S/C11H23NO5S/c1-16-4-5-17-9-11(13)8-12-10-2-6-18(14,15)7-3-10/h10-13H,2-9H2,1H3. The largest absolute Gasteiger partial charge is 0.389 e. The normalized spacial score (nSPS) is 21.9. The number of sulfone groups is 1. The topological polar surface area (TPSA) is 84.9 Å². The molecule has 1 fully saturated rings. The lowest BCUT2D eigenvalue weighted by atomic mass is 10.1. The summed E-state index contributed by atoms with van der Waals surface area (Å²) in [5.41, 5.74) is 0. The van der Waals surface area contributed by atoms with Gasteiger partial charge in [-0.05, 0) is 12.8 Å². The van der Waals surface area contributed by atoms with E-state index in [1.807, 2.05) is 0 Å². The van der Waals surface area contributed by atoms with E-state index >= 15 is 0 Å². The SMILES string of the molecule is COCCOCC(O)CNC1CCS(=O)(=O)CC1. The van der Waals surface area contributed by atoms with Crippen LogP contribution in [0.2, 0.25) is 0 Å². The Kier molecular flexibility index (Phi) is 7.10. The van der Waals surface area contributed by atoms with Crippen LogP contribution in [-0.4, -0.2) is 70.7 Å². The van der Waals surface area contributed by atoms with Crippen LogP contribution in [0.5, 0.6) is 0 Å². The van der Waals surface area contributed by atoms with Crippen LogP contribution >= 0.6 is 0 Å². The Bertz CT molecular complexity index is 305. The van der Waals surface area contributed by atoms with Gasteiger partial charge in [-0.3, -0.25) is 0 Å². The Labute approximate surface area is 109 Å². The van der Waals surface area contributed by atoms with Crippen LogP contribution in [-0.2, 0) is 19.3 Å². The first-order chi connectivity index (χ1) is 8.53. The molecule has 0 aromatic carbocycles. The fourth-order valence-electron chi connectivity index (χ4n) is 1.82. The Morgan fingerprint density at radius 2 is 2.00 bits per heavy atom. The van der Waals surface area contributed by atoms with Gasteiger partial charge in [-0.25, -0.2) is 8.42 Å². The van der Waals surface area contributed by atoms with E-state index in [4.69, 9.17) is 9.47 Å². The summed E-state index contributed by atoms with van der Waals surface area (Å²) in [6.07, 6.45) is 0.680. The lowest BCUT2D eigenvalue weighted by Gasteiger charge is -2.24. The van der Waals surface area contributed by atoms with Crippen molar-refractivity contribution < 1.29 is 23.0 Å². The summed E-state index contributed by atoms with van der Waals surface area (Å²) in [6.45, 7) is 1.68. The first-order valence-corrected chi connectivity index (χ1v) is 8.04. The number of hydrogen-bond donors (Lipinski definition) is 2. The van der Waals surface area contributed by atoms with Crippen LogP contribution in [0.15, 0.2) is 0 Å². The van der Waals surface area contributed by atoms with Crippen LogP contribution in [0, 0.1) is 0 Å².